The SMILES string of the molecule is O=C(C=Cc1ccc2c(c1)C(=O)CC1(CCCN(CCc3ccccc3)C1)O2)NO. The van der Waals surface area contributed by atoms with Gasteiger partial charge in [-0.25, -0.2) is 5.48 Å². The lowest BCUT2D eigenvalue weighted by atomic mass is 9.83. The highest BCUT2D eigenvalue weighted by Crippen LogP contribution is 2.39. The molecule has 1 spiro atoms. The highest BCUT2D eigenvalue weighted by molar-refractivity contribution is 6.01. The average Bonchev–Trinajstić information content (AvgIpc) is 2.77. The van der Waals surface area contributed by atoms with E-state index in [0.717, 1.165) is 38.9 Å². The number of hydrogen-bond donors (Lipinski definition) is 2. The maximum atomic E-state index is 12.9. The van der Waals surface area contributed by atoms with Crippen molar-refractivity contribution in [2.24, 2.45) is 0 Å². The van der Waals surface area contributed by atoms with Gasteiger partial charge in [-0.1, -0.05) is 36.4 Å². The Kier molecular flexibility index (Phi) is 5.97. The fourth-order valence-corrected chi connectivity index (χ4v) is 4.37. The van der Waals surface area contributed by atoms with Crippen LogP contribution in [0.4, 0.5) is 0 Å². The van der Waals surface area contributed by atoms with E-state index >= 15 is 0 Å². The normalized spacial score (nSPS) is 21.4. The number of likely N-dealkylation sites (tertiary alicyclic amines) is 1. The number of Topliss-reactive ketones (excluding diaryl/α,β-unsaturated/α-hetero) is 1. The van der Waals surface area contributed by atoms with Gasteiger partial charge in [-0.3, -0.25) is 19.7 Å². The molecule has 6 heteroatoms. The number of piperidine rings is 1. The van der Waals surface area contributed by atoms with Gasteiger partial charge in [-0.2, -0.15) is 0 Å². The van der Waals surface area contributed by atoms with Crippen LogP contribution in [0.5, 0.6) is 5.75 Å². The van der Waals surface area contributed by atoms with Crippen LogP contribution in [0.2, 0.25) is 0 Å². The number of carbonyl (C=O) groups is 2. The molecule has 0 aliphatic carbocycles. The monoisotopic (exact) mass is 406 g/mol. The van der Waals surface area contributed by atoms with Gasteiger partial charge in [0.1, 0.15) is 11.4 Å². The van der Waals surface area contributed by atoms with Gasteiger partial charge >= 0.3 is 0 Å². The van der Waals surface area contributed by atoms with Crippen molar-refractivity contribution in [1.82, 2.24) is 10.4 Å². The van der Waals surface area contributed by atoms with E-state index < -0.39 is 11.5 Å². The van der Waals surface area contributed by atoms with Gasteiger partial charge in [0, 0.05) is 19.2 Å². The second-order valence-corrected chi connectivity index (χ2v) is 8.07. The fourth-order valence-electron chi connectivity index (χ4n) is 4.37. The van der Waals surface area contributed by atoms with E-state index in [-0.39, 0.29) is 5.78 Å². The molecule has 6 nitrogen and oxygen atoms in total. The molecule has 0 radical (unpaired) electrons. The summed E-state index contributed by atoms with van der Waals surface area (Å²) in [5, 5.41) is 8.58. The summed E-state index contributed by atoms with van der Waals surface area (Å²) in [6.45, 7) is 2.73. The summed E-state index contributed by atoms with van der Waals surface area (Å²) in [5.41, 5.74) is 3.66. The van der Waals surface area contributed by atoms with E-state index in [1.54, 1.807) is 23.7 Å². The summed E-state index contributed by atoms with van der Waals surface area (Å²) in [6.07, 6.45) is 6.00. The minimum Gasteiger partial charge on any atom is -0.485 e. The summed E-state index contributed by atoms with van der Waals surface area (Å²) in [7, 11) is 0. The number of hydrogen-bond acceptors (Lipinski definition) is 5. The molecule has 1 unspecified atom stereocenters. The molecule has 2 aliphatic heterocycles. The molecule has 1 saturated heterocycles. The Hall–Kier alpha value is -2.96. The Bertz CT molecular complexity index is 957. The Morgan fingerprint density at radius 2 is 2.07 bits per heavy atom. The van der Waals surface area contributed by atoms with Crippen LogP contribution < -0.4 is 10.2 Å². The molecule has 1 fully saturated rings. The van der Waals surface area contributed by atoms with Gasteiger partial charge in [-0.15, -0.1) is 0 Å². The predicted octanol–water partition coefficient (Wildman–Crippen LogP) is 3.25. The molecule has 0 bridgehead atoms. The number of rotatable bonds is 5. The van der Waals surface area contributed by atoms with Gasteiger partial charge < -0.3 is 4.74 Å². The lowest BCUT2D eigenvalue weighted by Crippen LogP contribution is -2.54. The van der Waals surface area contributed by atoms with Crippen LogP contribution >= 0.6 is 0 Å². The maximum absolute atomic E-state index is 12.9. The van der Waals surface area contributed by atoms with Crippen LogP contribution in [-0.2, 0) is 11.2 Å². The molecule has 4 rings (SSSR count). The highest BCUT2D eigenvalue weighted by atomic mass is 16.5. The Morgan fingerprint density at radius 1 is 1.23 bits per heavy atom. The number of amides is 1. The Labute approximate surface area is 176 Å². The highest BCUT2D eigenvalue weighted by Gasteiger charge is 2.43. The Balaban J connectivity index is 1.45. The zero-order valence-corrected chi connectivity index (χ0v) is 16.8. The minimum atomic E-state index is -0.618. The first-order chi connectivity index (χ1) is 14.6. The molecule has 0 saturated carbocycles. The van der Waals surface area contributed by atoms with E-state index in [9.17, 15) is 9.59 Å². The number of ketones is 1. The van der Waals surface area contributed by atoms with Crippen LogP contribution in [0.15, 0.2) is 54.6 Å². The molecule has 2 aromatic carbocycles. The summed E-state index contributed by atoms with van der Waals surface area (Å²) in [5.74, 6) is 0.0648. The van der Waals surface area contributed by atoms with E-state index in [1.165, 1.54) is 11.6 Å². The summed E-state index contributed by atoms with van der Waals surface area (Å²) in [4.78, 5) is 26.5. The molecule has 2 N–H and O–H groups in total. The molecular weight excluding hydrogens is 380 g/mol. The van der Waals surface area contributed by atoms with Gasteiger partial charge in [0.25, 0.3) is 5.91 Å². The Morgan fingerprint density at radius 3 is 2.87 bits per heavy atom. The van der Waals surface area contributed by atoms with Crippen LogP contribution in [0.3, 0.4) is 0 Å². The number of nitrogens with one attached hydrogen (secondary N) is 1. The number of ether oxygens (including phenoxy) is 1. The number of fused-ring (bicyclic) bond motifs is 1. The van der Waals surface area contributed by atoms with Crippen molar-refractivity contribution in [2.75, 3.05) is 19.6 Å². The van der Waals surface area contributed by atoms with Crippen LogP contribution in [0, 0.1) is 0 Å². The lowest BCUT2D eigenvalue weighted by molar-refractivity contribution is -0.124. The second kappa shape index (κ2) is 8.81. The smallest absolute Gasteiger partial charge is 0.267 e. The van der Waals surface area contributed by atoms with Crippen molar-refractivity contribution in [2.45, 2.75) is 31.3 Å². The van der Waals surface area contributed by atoms with E-state index in [0.29, 0.717) is 23.3 Å². The number of hydroxylamine groups is 1. The first kappa shape index (κ1) is 20.3. The summed E-state index contributed by atoms with van der Waals surface area (Å²) >= 11 is 0. The predicted molar refractivity (Wildman–Crippen MR) is 114 cm³/mol. The molecule has 2 aromatic rings. The van der Waals surface area contributed by atoms with Crippen molar-refractivity contribution in [1.29, 1.82) is 0 Å². The zero-order valence-electron chi connectivity index (χ0n) is 16.8. The van der Waals surface area contributed by atoms with Gasteiger partial charge in [0.05, 0.1) is 12.0 Å². The molecule has 30 heavy (non-hydrogen) atoms. The molecular formula is C24H26N2O4. The largest absolute Gasteiger partial charge is 0.485 e. The van der Waals surface area contributed by atoms with Crippen LogP contribution in [0.1, 0.15) is 40.7 Å². The van der Waals surface area contributed by atoms with Crippen molar-refractivity contribution < 1.29 is 19.5 Å². The average molecular weight is 406 g/mol. The maximum Gasteiger partial charge on any atom is 0.267 e. The van der Waals surface area contributed by atoms with Crippen molar-refractivity contribution in [3.8, 4) is 5.75 Å². The molecule has 1 amide bonds. The molecule has 0 aromatic heterocycles. The summed E-state index contributed by atoms with van der Waals surface area (Å²) in [6, 6.07) is 15.8. The number of nitrogens with zero attached hydrogens (tertiary/aromatic N) is 1. The van der Waals surface area contributed by atoms with E-state index in [1.807, 2.05) is 12.1 Å². The van der Waals surface area contributed by atoms with Crippen molar-refractivity contribution >= 4 is 17.8 Å². The van der Waals surface area contributed by atoms with Crippen molar-refractivity contribution in [3.05, 3.63) is 71.3 Å². The van der Waals surface area contributed by atoms with Crippen LogP contribution in [-0.4, -0.2) is 47.0 Å². The first-order valence-electron chi connectivity index (χ1n) is 10.3. The lowest BCUT2D eigenvalue weighted by Gasteiger charge is -2.45. The number of benzene rings is 2. The third kappa shape index (κ3) is 4.61. The number of carbonyl (C=O) groups excluding carboxylic acids is 2. The molecule has 156 valence electrons. The van der Waals surface area contributed by atoms with Gasteiger partial charge in [-0.05, 0) is 55.1 Å². The first-order valence-corrected chi connectivity index (χ1v) is 10.3. The fraction of sp³-hybridized carbons (Fsp3) is 0.333. The van der Waals surface area contributed by atoms with Gasteiger partial charge in [0.15, 0.2) is 5.78 Å². The molecule has 2 aliphatic rings. The van der Waals surface area contributed by atoms with Crippen molar-refractivity contribution in [3.63, 3.8) is 0 Å². The van der Waals surface area contributed by atoms with Crippen LogP contribution in [0.25, 0.3) is 6.08 Å². The minimum absolute atomic E-state index is 0.0722. The zero-order chi connectivity index (χ0) is 21.0. The third-order valence-corrected chi connectivity index (χ3v) is 5.83. The third-order valence-electron chi connectivity index (χ3n) is 5.83. The quantitative estimate of drug-likeness (QED) is 0.453. The standard InChI is InChI=1S/C24H26N2O4/c27-21-16-24(12-4-13-26(17-24)14-11-18-5-2-1-3-6-18)30-22-9-7-19(15-20(21)22)8-10-23(28)25-29/h1-3,5-10,15,29H,4,11-14,16-17H2,(H,25,28). The molecule has 2 heterocycles. The topological polar surface area (TPSA) is 78.9 Å². The molecule has 1 atom stereocenters. The second-order valence-electron chi connectivity index (χ2n) is 8.07. The van der Waals surface area contributed by atoms with E-state index in [4.69, 9.17) is 9.94 Å². The summed E-state index contributed by atoms with van der Waals surface area (Å²) < 4.78 is 6.41. The van der Waals surface area contributed by atoms with Gasteiger partial charge in [0.2, 0.25) is 0 Å². The van der Waals surface area contributed by atoms with E-state index in [2.05, 4.69) is 29.2 Å².